The van der Waals surface area contributed by atoms with Crippen molar-refractivity contribution < 1.29 is 4.74 Å². The quantitative estimate of drug-likeness (QED) is 0.497. The van der Waals surface area contributed by atoms with E-state index in [9.17, 15) is 0 Å². The van der Waals surface area contributed by atoms with Crippen molar-refractivity contribution in [3.63, 3.8) is 0 Å². The normalized spacial score (nSPS) is 17.5. The summed E-state index contributed by atoms with van der Waals surface area (Å²) in [6, 6.07) is 0.443. The Morgan fingerprint density at radius 3 is 2.69 bits per heavy atom. The lowest BCUT2D eigenvalue weighted by Crippen LogP contribution is -2.48. The van der Waals surface area contributed by atoms with E-state index in [0.29, 0.717) is 12.0 Å². The predicted octanol–water partition coefficient (Wildman–Crippen LogP) is 0.752. The summed E-state index contributed by atoms with van der Waals surface area (Å²) >= 11 is 0. The van der Waals surface area contributed by atoms with Gasteiger partial charge in [0.05, 0.1) is 19.8 Å². The van der Waals surface area contributed by atoms with Gasteiger partial charge in [-0.25, -0.2) is 0 Å². The van der Waals surface area contributed by atoms with Crippen LogP contribution in [0.1, 0.15) is 33.5 Å². The van der Waals surface area contributed by atoms with Crippen molar-refractivity contribution in [2.75, 3.05) is 45.9 Å². The molecule has 1 atom stereocenters. The summed E-state index contributed by atoms with van der Waals surface area (Å²) in [5, 5.41) is 14.9. The van der Waals surface area contributed by atoms with Crippen LogP contribution in [0.25, 0.3) is 0 Å². The fourth-order valence-electron chi connectivity index (χ4n) is 3.22. The molecule has 26 heavy (non-hydrogen) atoms. The maximum absolute atomic E-state index is 5.49. The monoisotopic (exact) mass is 365 g/mol. The summed E-state index contributed by atoms with van der Waals surface area (Å²) in [6.45, 7) is 15.6. The van der Waals surface area contributed by atoms with E-state index in [2.05, 4.69) is 58.0 Å². The van der Waals surface area contributed by atoms with E-state index in [1.807, 2.05) is 0 Å². The first-order valence-corrected chi connectivity index (χ1v) is 9.86. The molecule has 1 aliphatic rings. The smallest absolute Gasteiger partial charge is 0.191 e. The number of aryl methyl sites for hydroxylation is 1. The summed E-state index contributed by atoms with van der Waals surface area (Å²) in [4.78, 5) is 7.35. The van der Waals surface area contributed by atoms with E-state index in [1.165, 1.54) is 0 Å². The van der Waals surface area contributed by atoms with E-state index in [0.717, 1.165) is 70.7 Å². The van der Waals surface area contributed by atoms with Gasteiger partial charge in [0.15, 0.2) is 5.96 Å². The largest absolute Gasteiger partial charge is 0.379 e. The Bertz CT molecular complexity index is 537. The summed E-state index contributed by atoms with van der Waals surface area (Å²) in [6.07, 6.45) is 2.68. The number of rotatable bonds is 9. The topological polar surface area (TPSA) is 79.6 Å². The van der Waals surface area contributed by atoms with E-state index >= 15 is 0 Å². The van der Waals surface area contributed by atoms with Crippen molar-refractivity contribution in [3.05, 3.63) is 12.2 Å². The second-order valence-electron chi connectivity index (χ2n) is 6.90. The Kier molecular flexibility index (Phi) is 8.84. The number of nitrogens with zero attached hydrogens (tertiary/aromatic N) is 5. The summed E-state index contributed by atoms with van der Waals surface area (Å²) < 4.78 is 7.57. The Morgan fingerprint density at radius 2 is 2.04 bits per heavy atom. The van der Waals surface area contributed by atoms with Crippen molar-refractivity contribution in [2.24, 2.45) is 10.9 Å². The number of hydrogen-bond acceptors (Lipinski definition) is 5. The number of aromatic nitrogens is 3. The van der Waals surface area contributed by atoms with Crippen LogP contribution in [0, 0.1) is 5.92 Å². The Hall–Kier alpha value is -1.67. The summed E-state index contributed by atoms with van der Waals surface area (Å²) in [5.74, 6) is 2.45. The molecule has 0 aliphatic carbocycles. The molecular formula is C18H35N7O. The van der Waals surface area contributed by atoms with Crippen LogP contribution in [-0.2, 0) is 17.7 Å². The molecule has 0 amide bonds. The number of hydrogen-bond donors (Lipinski definition) is 2. The van der Waals surface area contributed by atoms with Gasteiger partial charge >= 0.3 is 0 Å². The molecule has 2 heterocycles. The van der Waals surface area contributed by atoms with Crippen LogP contribution >= 0.6 is 0 Å². The number of nitrogens with one attached hydrogen (secondary N) is 2. The van der Waals surface area contributed by atoms with E-state index < -0.39 is 0 Å². The third-order valence-electron chi connectivity index (χ3n) is 4.72. The fourth-order valence-corrected chi connectivity index (χ4v) is 3.22. The van der Waals surface area contributed by atoms with E-state index in [-0.39, 0.29) is 0 Å². The van der Waals surface area contributed by atoms with Crippen LogP contribution in [-0.4, -0.2) is 77.6 Å². The highest BCUT2D eigenvalue weighted by Gasteiger charge is 2.23. The molecule has 0 spiro atoms. The Morgan fingerprint density at radius 1 is 1.27 bits per heavy atom. The molecular weight excluding hydrogens is 330 g/mol. The molecule has 1 fully saturated rings. The van der Waals surface area contributed by atoms with Crippen molar-refractivity contribution in [1.82, 2.24) is 30.3 Å². The highest BCUT2D eigenvalue weighted by Crippen LogP contribution is 2.13. The van der Waals surface area contributed by atoms with Gasteiger partial charge in [-0.2, -0.15) is 0 Å². The van der Waals surface area contributed by atoms with Crippen molar-refractivity contribution in [2.45, 2.75) is 46.7 Å². The molecule has 0 bridgehead atoms. The minimum absolute atomic E-state index is 0.443. The molecule has 0 saturated carbocycles. The molecule has 8 nitrogen and oxygen atoms in total. The zero-order valence-electron chi connectivity index (χ0n) is 16.7. The summed E-state index contributed by atoms with van der Waals surface area (Å²) in [7, 11) is 0. The molecule has 0 aromatic carbocycles. The van der Waals surface area contributed by atoms with Crippen molar-refractivity contribution >= 4 is 5.96 Å². The third kappa shape index (κ3) is 6.25. The molecule has 2 rings (SSSR count). The first-order chi connectivity index (χ1) is 12.7. The molecule has 8 heteroatoms. The van der Waals surface area contributed by atoms with Gasteiger partial charge in [0.25, 0.3) is 0 Å². The van der Waals surface area contributed by atoms with E-state index in [1.54, 1.807) is 6.33 Å². The molecule has 1 aromatic heterocycles. The van der Waals surface area contributed by atoms with E-state index in [4.69, 9.17) is 9.73 Å². The SMILES string of the molecule is CCNC(=NCC(C(C)C)N1CCOCC1)NCCn1cnnc1CC. The molecule has 1 aliphatic heterocycles. The number of ether oxygens (including phenoxy) is 1. The molecule has 1 unspecified atom stereocenters. The van der Waals surface area contributed by atoms with Crippen LogP contribution < -0.4 is 10.6 Å². The first kappa shape index (κ1) is 20.6. The van der Waals surface area contributed by atoms with Crippen LogP contribution in [0.3, 0.4) is 0 Å². The second kappa shape index (κ2) is 11.1. The number of aliphatic imine (C=N–C) groups is 1. The first-order valence-electron chi connectivity index (χ1n) is 9.86. The lowest BCUT2D eigenvalue weighted by atomic mass is 10.0. The van der Waals surface area contributed by atoms with Gasteiger partial charge in [0, 0.05) is 45.2 Å². The van der Waals surface area contributed by atoms with Gasteiger partial charge in [0.1, 0.15) is 12.2 Å². The second-order valence-corrected chi connectivity index (χ2v) is 6.90. The summed E-state index contributed by atoms with van der Waals surface area (Å²) in [5.41, 5.74) is 0. The van der Waals surface area contributed by atoms with Gasteiger partial charge in [-0.15, -0.1) is 10.2 Å². The number of guanidine groups is 1. The van der Waals surface area contributed by atoms with Crippen LogP contribution in [0.15, 0.2) is 11.3 Å². The molecule has 148 valence electrons. The van der Waals surface area contributed by atoms with Crippen LogP contribution in [0.4, 0.5) is 0 Å². The Balaban J connectivity index is 1.89. The zero-order valence-corrected chi connectivity index (χ0v) is 16.7. The molecule has 0 radical (unpaired) electrons. The lowest BCUT2D eigenvalue weighted by Gasteiger charge is -2.36. The van der Waals surface area contributed by atoms with Crippen molar-refractivity contribution in [3.8, 4) is 0 Å². The highest BCUT2D eigenvalue weighted by atomic mass is 16.5. The van der Waals surface area contributed by atoms with Gasteiger partial charge in [0.2, 0.25) is 0 Å². The maximum Gasteiger partial charge on any atom is 0.191 e. The van der Waals surface area contributed by atoms with Crippen molar-refractivity contribution in [1.29, 1.82) is 0 Å². The highest BCUT2D eigenvalue weighted by molar-refractivity contribution is 5.79. The molecule has 2 N–H and O–H groups in total. The minimum atomic E-state index is 0.443. The average molecular weight is 366 g/mol. The standard InChI is InChI=1S/C18H35N7O/c1-5-17-23-22-14-25(17)8-7-20-18(19-6-2)21-13-16(15(3)4)24-9-11-26-12-10-24/h14-16H,5-13H2,1-4H3,(H2,19,20,21). The maximum atomic E-state index is 5.49. The predicted molar refractivity (Wildman–Crippen MR) is 104 cm³/mol. The van der Waals surface area contributed by atoms with Crippen LogP contribution in [0.2, 0.25) is 0 Å². The minimum Gasteiger partial charge on any atom is -0.379 e. The van der Waals surface area contributed by atoms with Crippen LogP contribution in [0.5, 0.6) is 0 Å². The Labute approximate surface area is 157 Å². The fraction of sp³-hybridized carbons (Fsp3) is 0.833. The van der Waals surface area contributed by atoms with Gasteiger partial charge in [-0.05, 0) is 12.8 Å². The lowest BCUT2D eigenvalue weighted by molar-refractivity contribution is 0.00867. The zero-order chi connectivity index (χ0) is 18.8. The number of morpholine rings is 1. The van der Waals surface area contributed by atoms with Gasteiger partial charge < -0.3 is 19.9 Å². The van der Waals surface area contributed by atoms with Gasteiger partial charge in [-0.1, -0.05) is 20.8 Å². The molecule has 1 saturated heterocycles. The molecule has 1 aromatic rings. The van der Waals surface area contributed by atoms with Gasteiger partial charge in [-0.3, -0.25) is 9.89 Å². The average Bonchev–Trinajstić information content (AvgIpc) is 3.10. The third-order valence-corrected chi connectivity index (χ3v) is 4.72.